The first-order valence-electron chi connectivity index (χ1n) is 5.53. The number of H-pyrrole nitrogens is 1. The zero-order valence-electron chi connectivity index (χ0n) is 9.88. The van der Waals surface area contributed by atoms with Crippen LogP contribution in [0.15, 0.2) is 0 Å². The highest BCUT2D eigenvalue weighted by atomic mass is 32.2. The summed E-state index contributed by atoms with van der Waals surface area (Å²) < 4.78 is 25.3. The summed E-state index contributed by atoms with van der Waals surface area (Å²) in [5.74, 6) is 1.17. The minimum absolute atomic E-state index is 0.00417. The number of aromatic nitrogens is 3. The molecule has 1 N–H and O–H groups in total. The normalized spacial score (nSPS) is 22.8. The second-order valence-electron chi connectivity index (χ2n) is 4.24. The van der Waals surface area contributed by atoms with Gasteiger partial charge in [-0.05, 0) is 25.6 Å². The molecule has 96 valence electrons. The fourth-order valence-electron chi connectivity index (χ4n) is 2.11. The van der Waals surface area contributed by atoms with E-state index in [9.17, 15) is 8.42 Å². The maximum absolute atomic E-state index is 11.5. The minimum atomic E-state index is -2.88. The number of hydrogen-bond donors (Lipinski definition) is 1. The Morgan fingerprint density at radius 2 is 2.35 bits per heavy atom. The van der Waals surface area contributed by atoms with E-state index in [0.717, 1.165) is 0 Å². The van der Waals surface area contributed by atoms with Crippen LogP contribution in [0.5, 0.6) is 0 Å². The molecule has 0 bridgehead atoms. The van der Waals surface area contributed by atoms with Gasteiger partial charge in [-0.1, -0.05) is 0 Å². The molecule has 1 fully saturated rings. The Bertz CT molecular complexity index is 560. The number of aromatic amines is 1. The van der Waals surface area contributed by atoms with Gasteiger partial charge in [-0.15, -0.1) is 5.10 Å². The van der Waals surface area contributed by atoms with Crippen LogP contribution in [0.2, 0.25) is 0 Å². The van der Waals surface area contributed by atoms with Crippen molar-refractivity contribution in [1.82, 2.24) is 14.8 Å². The van der Waals surface area contributed by atoms with Crippen molar-refractivity contribution in [1.29, 1.82) is 0 Å². The van der Waals surface area contributed by atoms with Crippen molar-refractivity contribution in [2.45, 2.75) is 25.9 Å². The summed E-state index contributed by atoms with van der Waals surface area (Å²) in [4.78, 5) is 1.90. The molecule has 8 heteroatoms. The van der Waals surface area contributed by atoms with E-state index in [1.807, 2.05) is 23.4 Å². The molecule has 2 rings (SSSR count). The van der Waals surface area contributed by atoms with Crippen LogP contribution in [0.4, 0.5) is 5.95 Å². The van der Waals surface area contributed by atoms with Gasteiger partial charge in [0.1, 0.15) is 0 Å². The molecule has 1 unspecified atom stereocenters. The SMILES string of the molecule is CCn1c(N(C)C2CCS(=O)(=O)C2)n[nH]c1=S. The lowest BCUT2D eigenvalue weighted by atomic mass is 10.2. The number of nitrogens with zero attached hydrogens (tertiary/aromatic N) is 3. The lowest BCUT2D eigenvalue weighted by Crippen LogP contribution is -2.34. The third kappa shape index (κ3) is 2.37. The van der Waals surface area contributed by atoms with E-state index in [0.29, 0.717) is 23.7 Å². The van der Waals surface area contributed by atoms with Crippen LogP contribution in [-0.2, 0) is 16.4 Å². The molecule has 0 radical (unpaired) electrons. The Hall–Kier alpha value is -0.890. The van der Waals surface area contributed by atoms with Gasteiger partial charge in [0.25, 0.3) is 0 Å². The summed E-state index contributed by atoms with van der Waals surface area (Å²) >= 11 is 5.11. The van der Waals surface area contributed by atoms with Gasteiger partial charge in [-0.2, -0.15) is 0 Å². The molecule has 2 heterocycles. The average molecular weight is 276 g/mol. The van der Waals surface area contributed by atoms with Gasteiger partial charge in [-0.25, -0.2) is 13.5 Å². The minimum Gasteiger partial charge on any atom is -0.340 e. The van der Waals surface area contributed by atoms with E-state index in [1.54, 1.807) is 0 Å². The summed E-state index contributed by atoms with van der Waals surface area (Å²) in [6, 6.07) is -0.00417. The third-order valence-electron chi connectivity index (χ3n) is 3.13. The van der Waals surface area contributed by atoms with E-state index in [2.05, 4.69) is 10.2 Å². The van der Waals surface area contributed by atoms with Gasteiger partial charge in [0.15, 0.2) is 14.6 Å². The number of rotatable bonds is 3. The molecule has 0 aliphatic carbocycles. The first-order valence-corrected chi connectivity index (χ1v) is 7.76. The standard InChI is InChI=1S/C9H16N4O2S2/c1-3-13-8(10-11-9(13)16)12(2)7-4-5-17(14,15)6-7/h7H,3-6H2,1-2H3,(H,11,16). The average Bonchev–Trinajstić information content (AvgIpc) is 2.80. The van der Waals surface area contributed by atoms with Gasteiger partial charge in [0, 0.05) is 19.6 Å². The number of hydrogen-bond acceptors (Lipinski definition) is 5. The second kappa shape index (κ2) is 4.41. The number of sulfone groups is 1. The third-order valence-corrected chi connectivity index (χ3v) is 5.19. The highest BCUT2D eigenvalue weighted by molar-refractivity contribution is 7.91. The van der Waals surface area contributed by atoms with E-state index >= 15 is 0 Å². The molecule has 1 atom stereocenters. The van der Waals surface area contributed by atoms with Crippen molar-refractivity contribution in [3.05, 3.63) is 4.77 Å². The quantitative estimate of drug-likeness (QED) is 0.818. The molecule has 1 aliphatic rings. The van der Waals surface area contributed by atoms with Gasteiger partial charge in [0.05, 0.1) is 11.5 Å². The van der Waals surface area contributed by atoms with Crippen molar-refractivity contribution >= 4 is 28.0 Å². The zero-order chi connectivity index (χ0) is 12.6. The molecular weight excluding hydrogens is 260 g/mol. The van der Waals surface area contributed by atoms with Gasteiger partial charge in [0.2, 0.25) is 5.95 Å². The van der Waals surface area contributed by atoms with Crippen LogP contribution in [0.25, 0.3) is 0 Å². The molecule has 0 amide bonds. The Kier molecular flexibility index (Phi) is 3.26. The smallest absolute Gasteiger partial charge is 0.225 e. The van der Waals surface area contributed by atoms with Crippen molar-refractivity contribution in [2.75, 3.05) is 23.5 Å². The fourth-order valence-corrected chi connectivity index (χ4v) is 4.14. The predicted molar refractivity (Wildman–Crippen MR) is 68.5 cm³/mol. The summed E-state index contributed by atoms with van der Waals surface area (Å²) in [6.07, 6.45) is 0.655. The molecule has 1 aromatic heterocycles. The lowest BCUT2D eigenvalue weighted by molar-refractivity contribution is 0.599. The molecule has 6 nitrogen and oxygen atoms in total. The maximum atomic E-state index is 11.5. The van der Waals surface area contributed by atoms with Gasteiger partial charge < -0.3 is 4.90 Å². The highest BCUT2D eigenvalue weighted by Gasteiger charge is 2.32. The molecule has 0 spiro atoms. The van der Waals surface area contributed by atoms with Gasteiger partial charge >= 0.3 is 0 Å². The largest absolute Gasteiger partial charge is 0.340 e. The molecule has 0 aromatic carbocycles. The maximum Gasteiger partial charge on any atom is 0.225 e. The molecule has 0 saturated carbocycles. The number of nitrogens with one attached hydrogen (secondary N) is 1. The Morgan fingerprint density at radius 3 is 2.88 bits per heavy atom. The molecule has 17 heavy (non-hydrogen) atoms. The van der Waals surface area contributed by atoms with Crippen molar-refractivity contribution in [3.8, 4) is 0 Å². The summed E-state index contributed by atoms with van der Waals surface area (Å²) in [6.45, 7) is 2.70. The van der Waals surface area contributed by atoms with E-state index in [1.165, 1.54) is 0 Å². The van der Waals surface area contributed by atoms with Crippen LogP contribution in [0, 0.1) is 4.77 Å². The fraction of sp³-hybridized carbons (Fsp3) is 0.778. The molecule has 1 aromatic rings. The second-order valence-corrected chi connectivity index (χ2v) is 6.86. The molecule has 1 saturated heterocycles. The van der Waals surface area contributed by atoms with E-state index in [4.69, 9.17) is 12.2 Å². The predicted octanol–water partition coefficient (Wildman–Crippen LogP) is 0.584. The first-order chi connectivity index (χ1) is 7.94. The number of anilines is 1. The van der Waals surface area contributed by atoms with Crippen LogP contribution in [-0.4, -0.2) is 47.8 Å². The monoisotopic (exact) mass is 276 g/mol. The molecular formula is C9H16N4O2S2. The van der Waals surface area contributed by atoms with E-state index in [-0.39, 0.29) is 17.5 Å². The highest BCUT2D eigenvalue weighted by Crippen LogP contribution is 2.21. The lowest BCUT2D eigenvalue weighted by Gasteiger charge is -2.24. The Morgan fingerprint density at radius 1 is 1.65 bits per heavy atom. The Labute approximate surface area is 106 Å². The van der Waals surface area contributed by atoms with Crippen molar-refractivity contribution in [3.63, 3.8) is 0 Å². The van der Waals surface area contributed by atoms with Crippen LogP contribution >= 0.6 is 12.2 Å². The van der Waals surface area contributed by atoms with E-state index < -0.39 is 9.84 Å². The zero-order valence-corrected chi connectivity index (χ0v) is 11.5. The van der Waals surface area contributed by atoms with Crippen LogP contribution < -0.4 is 4.90 Å². The summed E-state index contributed by atoms with van der Waals surface area (Å²) in [5.41, 5.74) is 0. The summed E-state index contributed by atoms with van der Waals surface area (Å²) in [5, 5.41) is 6.89. The van der Waals surface area contributed by atoms with Gasteiger partial charge in [-0.3, -0.25) is 4.57 Å². The summed E-state index contributed by atoms with van der Waals surface area (Å²) in [7, 11) is -1.01. The van der Waals surface area contributed by atoms with Crippen molar-refractivity contribution in [2.24, 2.45) is 0 Å². The first kappa shape index (κ1) is 12.6. The molecule has 1 aliphatic heterocycles. The van der Waals surface area contributed by atoms with Crippen LogP contribution in [0.3, 0.4) is 0 Å². The van der Waals surface area contributed by atoms with Crippen molar-refractivity contribution < 1.29 is 8.42 Å². The Balaban J connectivity index is 2.26. The van der Waals surface area contributed by atoms with Crippen LogP contribution in [0.1, 0.15) is 13.3 Å². The topological polar surface area (TPSA) is 71.0 Å².